The Morgan fingerprint density at radius 2 is 2.05 bits per heavy atom. The molecular weight excluding hydrogens is 394 g/mol. The van der Waals surface area contributed by atoms with Crippen molar-refractivity contribution in [2.45, 2.75) is 31.8 Å². The van der Waals surface area contributed by atoms with E-state index in [1.165, 1.54) is 22.7 Å². The molecule has 0 radical (unpaired) electrons. The zero-order valence-corrected chi connectivity index (χ0v) is 15.7. The van der Waals surface area contributed by atoms with Crippen LogP contribution in [0.25, 0.3) is 0 Å². The van der Waals surface area contributed by atoms with Crippen LogP contribution in [-0.2, 0) is 23.1 Å². The monoisotopic (exact) mass is 409 g/mol. The molecule has 0 unspecified atom stereocenters. The molecule has 0 amide bonds. The van der Waals surface area contributed by atoms with Crippen molar-refractivity contribution in [1.29, 1.82) is 0 Å². The van der Waals surface area contributed by atoms with Gasteiger partial charge in [-0.1, -0.05) is 6.92 Å². The van der Waals surface area contributed by atoms with Gasteiger partial charge in [0.25, 0.3) is 0 Å². The van der Waals surface area contributed by atoms with Gasteiger partial charge in [0, 0.05) is 29.0 Å². The summed E-state index contributed by atoms with van der Waals surface area (Å²) in [6.07, 6.45) is 1.70. The number of aryl methyl sites for hydroxylation is 1. The number of hydrogen-bond acceptors (Lipinski definition) is 6. The van der Waals surface area contributed by atoms with Crippen molar-refractivity contribution in [3.8, 4) is 0 Å². The zero-order chi connectivity index (χ0) is 15.5. The summed E-state index contributed by atoms with van der Waals surface area (Å²) < 4.78 is 27.9. The van der Waals surface area contributed by atoms with Gasteiger partial charge in [-0.3, -0.25) is 0 Å². The van der Waals surface area contributed by atoms with Crippen molar-refractivity contribution < 1.29 is 8.42 Å². The molecule has 0 saturated heterocycles. The van der Waals surface area contributed by atoms with Crippen LogP contribution in [0.1, 0.15) is 21.7 Å². The smallest absolute Gasteiger partial charge is 0.242 e. The summed E-state index contributed by atoms with van der Waals surface area (Å²) in [6.45, 7) is 5.69. The Morgan fingerprint density at radius 3 is 2.67 bits per heavy atom. The van der Waals surface area contributed by atoms with Crippen molar-refractivity contribution in [1.82, 2.24) is 15.0 Å². The minimum absolute atomic E-state index is 0.263. The van der Waals surface area contributed by atoms with Gasteiger partial charge < -0.3 is 5.32 Å². The second-order valence-corrected chi connectivity index (χ2v) is 9.81. The Balaban J connectivity index is 2.09. The van der Waals surface area contributed by atoms with Crippen LogP contribution >= 0.6 is 38.6 Å². The molecule has 0 spiro atoms. The third-order valence-corrected chi connectivity index (χ3v) is 7.22. The first-order chi connectivity index (χ1) is 9.92. The number of aromatic nitrogens is 1. The van der Waals surface area contributed by atoms with E-state index in [0.717, 1.165) is 21.3 Å². The normalized spacial score (nSPS) is 12.0. The van der Waals surface area contributed by atoms with Gasteiger partial charge in [0.2, 0.25) is 10.0 Å². The van der Waals surface area contributed by atoms with E-state index in [1.807, 2.05) is 13.8 Å². The van der Waals surface area contributed by atoms with E-state index in [9.17, 15) is 8.42 Å². The number of halogens is 1. The number of hydrogen-bond donors (Lipinski definition) is 2. The van der Waals surface area contributed by atoms with Crippen LogP contribution in [0, 0.1) is 6.92 Å². The maximum Gasteiger partial charge on any atom is 0.242 e. The van der Waals surface area contributed by atoms with Gasteiger partial charge in [0.05, 0.1) is 8.79 Å². The van der Waals surface area contributed by atoms with Crippen LogP contribution in [0.5, 0.6) is 0 Å². The van der Waals surface area contributed by atoms with Crippen molar-refractivity contribution in [2.75, 3.05) is 6.54 Å². The molecule has 21 heavy (non-hydrogen) atoms. The first-order valence-electron chi connectivity index (χ1n) is 6.32. The molecule has 0 fully saturated rings. The fourth-order valence-electron chi connectivity index (χ4n) is 1.65. The lowest BCUT2D eigenvalue weighted by molar-refractivity contribution is 0.581. The van der Waals surface area contributed by atoms with Gasteiger partial charge in [0.15, 0.2) is 0 Å². The molecule has 0 aliphatic heterocycles. The van der Waals surface area contributed by atoms with Gasteiger partial charge in [-0.15, -0.1) is 22.7 Å². The number of nitrogens with one attached hydrogen (secondary N) is 2. The SMILES string of the molecule is CCNCc1cc(S(=O)(=O)NCc2cnc(C)s2)c(Br)s1. The van der Waals surface area contributed by atoms with E-state index in [4.69, 9.17) is 0 Å². The molecule has 2 N–H and O–H groups in total. The van der Waals surface area contributed by atoms with Gasteiger partial charge in [0.1, 0.15) is 4.90 Å². The Hall–Kier alpha value is -0.320. The topological polar surface area (TPSA) is 71.1 Å². The summed E-state index contributed by atoms with van der Waals surface area (Å²) >= 11 is 6.26. The van der Waals surface area contributed by atoms with Gasteiger partial charge in [-0.05, 0) is 35.5 Å². The van der Waals surface area contributed by atoms with Crippen LogP contribution in [-0.4, -0.2) is 19.9 Å². The Morgan fingerprint density at radius 1 is 1.29 bits per heavy atom. The lowest BCUT2D eigenvalue weighted by Crippen LogP contribution is -2.22. The van der Waals surface area contributed by atoms with E-state index in [-0.39, 0.29) is 6.54 Å². The quantitative estimate of drug-likeness (QED) is 0.737. The number of nitrogens with zero attached hydrogens (tertiary/aromatic N) is 1. The molecule has 2 aromatic rings. The predicted molar refractivity (Wildman–Crippen MR) is 90.3 cm³/mol. The summed E-state index contributed by atoms with van der Waals surface area (Å²) in [5.41, 5.74) is 0. The highest BCUT2D eigenvalue weighted by molar-refractivity contribution is 9.11. The molecule has 0 saturated carbocycles. The van der Waals surface area contributed by atoms with Crippen LogP contribution in [0.4, 0.5) is 0 Å². The number of rotatable bonds is 7. The minimum Gasteiger partial charge on any atom is -0.312 e. The highest BCUT2D eigenvalue weighted by atomic mass is 79.9. The zero-order valence-electron chi connectivity index (χ0n) is 11.6. The standard InChI is InChI=1S/C12H16BrN3O2S3/c1-3-14-5-9-4-11(12(13)20-9)21(17,18)16-7-10-6-15-8(2)19-10/h4,6,14,16H,3,5,7H2,1-2H3. The molecule has 0 atom stereocenters. The molecule has 2 aromatic heterocycles. The molecule has 0 aromatic carbocycles. The molecule has 5 nitrogen and oxygen atoms in total. The molecule has 116 valence electrons. The average molecular weight is 410 g/mol. The second-order valence-electron chi connectivity index (χ2n) is 4.30. The van der Waals surface area contributed by atoms with E-state index in [2.05, 4.69) is 31.0 Å². The fraction of sp³-hybridized carbons (Fsp3) is 0.417. The number of thiazole rings is 1. The lowest BCUT2D eigenvalue weighted by atomic mass is 10.4. The number of sulfonamides is 1. The number of thiophene rings is 1. The third kappa shape index (κ3) is 4.57. The predicted octanol–water partition coefficient (Wildman–Crippen LogP) is 2.86. The Labute approximate surface area is 141 Å². The molecule has 2 rings (SSSR count). The molecule has 2 heterocycles. The molecular formula is C12H16BrN3O2S3. The van der Waals surface area contributed by atoms with Crippen LogP contribution in [0.15, 0.2) is 20.9 Å². The molecule has 0 aliphatic carbocycles. The molecule has 0 bridgehead atoms. The van der Waals surface area contributed by atoms with Crippen molar-refractivity contribution >= 4 is 48.6 Å². The first-order valence-corrected chi connectivity index (χ1v) is 10.2. The van der Waals surface area contributed by atoms with E-state index in [1.54, 1.807) is 12.3 Å². The van der Waals surface area contributed by atoms with Crippen molar-refractivity contribution in [3.63, 3.8) is 0 Å². The third-order valence-electron chi connectivity index (χ3n) is 2.65. The molecule has 9 heteroatoms. The van der Waals surface area contributed by atoms with Gasteiger partial charge in [-0.2, -0.15) is 0 Å². The Kier molecular flexibility index (Phi) is 5.92. The van der Waals surface area contributed by atoms with Crippen molar-refractivity contribution in [2.24, 2.45) is 0 Å². The maximum absolute atomic E-state index is 12.3. The van der Waals surface area contributed by atoms with Gasteiger partial charge >= 0.3 is 0 Å². The fourth-order valence-corrected chi connectivity index (χ4v) is 6.13. The average Bonchev–Trinajstić information content (AvgIpc) is 3.00. The molecule has 0 aliphatic rings. The summed E-state index contributed by atoms with van der Waals surface area (Å²) in [7, 11) is -3.52. The first kappa shape index (κ1) is 17.0. The van der Waals surface area contributed by atoms with E-state index in [0.29, 0.717) is 15.2 Å². The van der Waals surface area contributed by atoms with Crippen molar-refractivity contribution in [3.05, 3.63) is 30.8 Å². The second kappa shape index (κ2) is 7.30. The summed E-state index contributed by atoms with van der Waals surface area (Å²) in [6, 6.07) is 1.71. The highest BCUT2D eigenvalue weighted by Gasteiger charge is 2.20. The summed E-state index contributed by atoms with van der Waals surface area (Å²) in [5, 5.41) is 4.11. The largest absolute Gasteiger partial charge is 0.312 e. The minimum atomic E-state index is -3.52. The maximum atomic E-state index is 12.3. The summed E-state index contributed by atoms with van der Waals surface area (Å²) in [5.74, 6) is 0. The van der Waals surface area contributed by atoms with Crippen LogP contribution in [0.3, 0.4) is 0 Å². The lowest BCUT2D eigenvalue weighted by Gasteiger charge is -2.03. The van der Waals surface area contributed by atoms with E-state index < -0.39 is 10.0 Å². The summed E-state index contributed by atoms with van der Waals surface area (Å²) in [4.78, 5) is 6.29. The van der Waals surface area contributed by atoms with E-state index >= 15 is 0 Å². The Bertz CT molecular complexity index is 709. The van der Waals surface area contributed by atoms with Crippen LogP contribution < -0.4 is 10.0 Å². The van der Waals surface area contributed by atoms with Crippen LogP contribution in [0.2, 0.25) is 0 Å². The highest BCUT2D eigenvalue weighted by Crippen LogP contribution is 2.31. The van der Waals surface area contributed by atoms with Gasteiger partial charge in [-0.25, -0.2) is 18.1 Å².